The van der Waals surface area contributed by atoms with Crippen molar-refractivity contribution in [2.45, 2.75) is 6.92 Å². The minimum absolute atomic E-state index is 0.569. The smallest absolute Gasteiger partial charge is 0.200 e. The highest BCUT2D eigenvalue weighted by Crippen LogP contribution is 2.18. The van der Waals surface area contributed by atoms with Crippen molar-refractivity contribution in [2.75, 3.05) is 5.73 Å². The summed E-state index contributed by atoms with van der Waals surface area (Å²) in [5.41, 5.74) is 8.93. The first kappa shape index (κ1) is 7.16. The normalized spacial score (nSPS) is 10.8. The van der Waals surface area contributed by atoms with Crippen molar-refractivity contribution < 1.29 is 0 Å². The second-order valence-electron chi connectivity index (χ2n) is 2.97. The van der Waals surface area contributed by atoms with Crippen LogP contribution in [0.25, 0.3) is 11.0 Å². The summed E-state index contributed by atoms with van der Waals surface area (Å²) in [6.07, 6.45) is 0. The Bertz CT molecular complexity index is 429. The standard InChI is InChI=1S/C9H11N3/c1-6-4-3-5-7-8(6)11-9(10)12(7)2/h3-5H,1-2H3,(H2,10,11). The Morgan fingerprint density at radius 3 is 2.83 bits per heavy atom. The molecule has 2 rings (SSSR count). The van der Waals surface area contributed by atoms with Crippen LogP contribution in [0.4, 0.5) is 5.95 Å². The van der Waals surface area contributed by atoms with E-state index in [-0.39, 0.29) is 0 Å². The van der Waals surface area contributed by atoms with E-state index in [2.05, 4.69) is 4.98 Å². The number of nitrogens with zero attached hydrogens (tertiary/aromatic N) is 2. The van der Waals surface area contributed by atoms with E-state index >= 15 is 0 Å². The Labute approximate surface area is 70.8 Å². The summed E-state index contributed by atoms with van der Waals surface area (Å²) < 4.78 is 1.89. The first-order valence-corrected chi connectivity index (χ1v) is 3.87. The number of fused-ring (bicyclic) bond motifs is 1. The summed E-state index contributed by atoms with van der Waals surface area (Å²) in [4.78, 5) is 4.25. The molecule has 0 aliphatic carbocycles. The van der Waals surface area contributed by atoms with Crippen LogP contribution in [0.3, 0.4) is 0 Å². The first-order chi connectivity index (χ1) is 5.70. The summed E-state index contributed by atoms with van der Waals surface area (Å²) in [5.74, 6) is 0.569. The molecule has 0 fully saturated rings. The molecule has 3 heteroatoms. The molecule has 2 aromatic rings. The number of para-hydroxylation sites is 1. The minimum Gasteiger partial charge on any atom is -0.369 e. The van der Waals surface area contributed by atoms with Gasteiger partial charge in [0, 0.05) is 7.05 Å². The zero-order chi connectivity index (χ0) is 8.72. The van der Waals surface area contributed by atoms with Gasteiger partial charge in [-0.1, -0.05) is 12.1 Å². The highest BCUT2D eigenvalue weighted by Gasteiger charge is 2.04. The average molecular weight is 161 g/mol. The quantitative estimate of drug-likeness (QED) is 0.635. The molecule has 0 radical (unpaired) electrons. The Morgan fingerprint density at radius 2 is 2.17 bits per heavy atom. The van der Waals surface area contributed by atoms with Crippen molar-refractivity contribution in [3.05, 3.63) is 23.8 Å². The van der Waals surface area contributed by atoms with Crippen LogP contribution in [0.2, 0.25) is 0 Å². The van der Waals surface area contributed by atoms with Gasteiger partial charge in [0.25, 0.3) is 0 Å². The lowest BCUT2D eigenvalue weighted by atomic mass is 10.2. The number of hydrogen-bond acceptors (Lipinski definition) is 2. The molecule has 0 aliphatic rings. The third-order valence-electron chi connectivity index (χ3n) is 2.15. The largest absolute Gasteiger partial charge is 0.369 e. The topological polar surface area (TPSA) is 43.8 Å². The van der Waals surface area contributed by atoms with Crippen LogP contribution >= 0.6 is 0 Å². The number of imidazole rings is 1. The lowest BCUT2D eigenvalue weighted by molar-refractivity contribution is 0.965. The van der Waals surface area contributed by atoms with Crippen LogP contribution in [0, 0.1) is 6.92 Å². The zero-order valence-electron chi connectivity index (χ0n) is 7.20. The van der Waals surface area contributed by atoms with Gasteiger partial charge in [-0.25, -0.2) is 4.98 Å². The van der Waals surface area contributed by atoms with Gasteiger partial charge >= 0.3 is 0 Å². The van der Waals surface area contributed by atoms with Gasteiger partial charge in [-0.3, -0.25) is 0 Å². The molecule has 62 valence electrons. The van der Waals surface area contributed by atoms with Crippen molar-refractivity contribution >= 4 is 17.0 Å². The highest BCUT2D eigenvalue weighted by atomic mass is 15.1. The van der Waals surface area contributed by atoms with Crippen LogP contribution < -0.4 is 5.73 Å². The number of aromatic nitrogens is 2. The Hall–Kier alpha value is -1.51. The third kappa shape index (κ3) is 0.794. The molecular formula is C9H11N3. The second kappa shape index (κ2) is 2.24. The molecule has 0 spiro atoms. The molecule has 0 saturated carbocycles. The molecule has 1 aromatic carbocycles. The Balaban J connectivity index is 2.95. The molecule has 0 atom stereocenters. The molecular weight excluding hydrogens is 150 g/mol. The Morgan fingerprint density at radius 1 is 1.42 bits per heavy atom. The van der Waals surface area contributed by atoms with E-state index in [1.54, 1.807) is 0 Å². The maximum atomic E-state index is 5.67. The number of rotatable bonds is 0. The molecule has 0 bridgehead atoms. The minimum atomic E-state index is 0.569. The van der Waals surface area contributed by atoms with E-state index < -0.39 is 0 Å². The van der Waals surface area contributed by atoms with Gasteiger partial charge in [0.2, 0.25) is 5.95 Å². The van der Waals surface area contributed by atoms with E-state index in [1.165, 1.54) is 5.56 Å². The van der Waals surface area contributed by atoms with Crippen LogP contribution in [-0.2, 0) is 7.05 Å². The Kier molecular flexibility index (Phi) is 1.33. The molecule has 0 amide bonds. The predicted molar refractivity (Wildman–Crippen MR) is 49.9 cm³/mol. The maximum absolute atomic E-state index is 5.67. The molecule has 2 N–H and O–H groups in total. The van der Waals surface area contributed by atoms with Gasteiger partial charge in [-0.2, -0.15) is 0 Å². The van der Waals surface area contributed by atoms with Gasteiger partial charge < -0.3 is 10.3 Å². The lowest BCUT2D eigenvalue weighted by Crippen LogP contribution is -1.95. The predicted octanol–water partition coefficient (Wildman–Crippen LogP) is 1.46. The van der Waals surface area contributed by atoms with Crippen LogP contribution in [-0.4, -0.2) is 9.55 Å². The molecule has 0 aliphatic heterocycles. The van der Waals surface area contributed by atoms with Gasteiger partial charge in [0.15, 0.2) is 0 Å². The summed E-state index contributed by atoms with van der Waals surface area (Å²) in [6, 6.07) is 6.07. The number of hydrogen-bond donors (Lipinski definition) is 1. The van der Waals surface area contributed by atoms with E-state index in [4.69, 9.17) is 5.73 Å². The third-order valence-corrected chi connectivity index (χ3v) is 2.15. The zero-order valence-corrected chi connectivity index (χ0v) is 7.20. The number of anilines is 1. The van der Waals surface area contributed by atoms with E-state index in [0.29, 0.717) is 5.95 Å². The van der Waals surface area contributed by atoms with E-state index in [0.717, 1.165) is 11.0 Å². The average Bonchev–Trinajstić information content (AvgIpc) is 2.32. The van der Waals surface area contributed by atoms with Gasteiger partial charge in [-0.05, 0) is 18.6 Å². The SMILES string of the molecule is Cc1cccc2c1nc(N)n2C. The first-order valence-electron chi connectivity index (χ1n) is 3.87. The van der Waals surface area contributed by atoms with E-state index in [9.17, 15) is 0 Å². The fourth-order valence-electron chi connectivity index (χ4n) is 1.37. The molecule has 12 heavy (non-hydrogen) atoms. The summed E-state index contributed by atoms with van der Waals surface area (Å²) in [5, 5.41) is 0. The van der Waals surface area contributed by atoms with Crippen molar-refractivity contribution in [1.29, 1.82) is 0 Å². The van der Waals surface area contributed by atoms with E-state index in [1.807, 2.05) is 36.7 Å². The lowest BCUT2D eigenvalue weighted by Gasteiger charge is -1.95. The molecule has 0 unspecified atom stereocenters. The molecule has 0 saturated heterocycles. The number of nitrogen functional groups attached to an aromatic ring is 1. The highest BCUT2D eigenvalue weighted by molar-refractivity contribution is 5.81. The van der Waals surface area contributed by atoms with Crippen LogP contribution in [0.1, 0.15) is 5.56 Å². The fraction of sp³-hybridized carbons (Fsp3) is 0.222. The maximum Gasteiger partial charge on any atom is 0.200 e. The molecule has 1 heterocycles. The summed E-state index contributed by atoms with van der Waals surface area (Å²) in [7, 11) is 1.92. The monoisotopic (exact) mass is 161 g/mol. The molecule has 1 aromatic heterocycles. The summed E-state index contributed by atoms with van der Waals surface area (Å²) in [6.45, 7) is 2.04. The van der Waals surface area contributed by atoms with Crippen molar-refractivity contribution in [3.8, 4) is 0 Å². The van der Waals surface area contributed by atoms with Crippen molar-refractivity contribution in [1.82, 2.24) is 9.55 Å². The second-order valence-corrected chi connectivity index (χ2v) is 2.97. The van der Waals surface area contributed by atoms with Gasteiger partial charge in [0.05, 0.1) is 11.0 Å². The number of nitrogens with two attached hydrogens (primary N) is 1. The molecule has 3 nitrogen and oxygen atoms in total. The van der Waals surface area contributed by atoms with Crippen LogP contribution in [0.5, 0.6) is 0 Å². The fourth-order valence-corrected chi connectivity index (χ4v) is 1.37. The van der Waals surface area contributed by atoms with Gasteiger partial charge in [0.1, 0.15) is 0 Å². The number of aryl methyl sites for hydroxylation is 2. The number of benzene rings is 1. The van der Waals surface area contributed by atoms with Gasteiger partial charge in [-0.15, -0.1) is 0 Å². The summed E-state index contributed by atoms with van der Waals surface area (Å²) >= 11 is 0. The van der Waals surface area contributed by atoms with Crippen LogP contribution in [0.15, 0.2) is 18.2 Å². The van der Waals surface area contributed by atoms with Crippen molar-refractivity contribution in [2.24, 2.45) is 7.05 Å². The van der Waals surface area contributed by atoms with Crippen molar-refractivity contribution in [3.63, 3.8) is 0 Å².